The summed E-state index contributed by atoms with van der Waals surface area (Å²) in [5.74, 6) is -1.27. The van der Waals surface area contributed by atoms with Crippen molar-refractivity contribution in [1.82, 2.24) is 14.8 Å². The number of carbonyl (C=O) groups excluding carboxylic acids is 3. The first kappa shape index (κ1) is 17.7. The molecular formula is C20H21N3O3. The number of amides is 4. The summed E-state index contributed by atoms with van der Waals surface area (Å²) in [4.78, 5) is 36.8. The Morgan fingerprint density at radius 2 is 1.81 bits per heavy atom. The normalized spacial score (nSPS) is 16.4. The topological polar surface area (TPSA) is 71.4 Å². The molecule has 1 aromatic carbocycles. The Labute approximate surface area is 152 Å². The van der Waals surface area contributed by atoms with Crippen LogP contribution in [0, 0.1) is 13.8 Å². The summed E-state index contributed by atoms with van der Waals surface area (Å²) in [7, 11) is 1.35. The Balaban J connectivity index is 2.10. The number of barbiturate groups is 1. The van der Waals surface area contributed by atoms with Gasteiger partial charge in [0.25, 0.3) is 11.8 Å². The second kappa shape index (κ2) is 6.63. The first-order valence-corrected chi connectivity index (χ1v) is 8.47. The largest absolute Gasteiger partial charge is 0.331 e. The molecule has 4 amide bonds. The van der Waals surface area contributed by atoms with Crippen molar-refractivity contribution >= 4 is 23.9 Å². The number of hydrogen-bond donors (Lipinski definition) is 1. The van der Waals surface area contributed by atoms with Crippen molar-refractivity contribution in [2.24, 2.45) is 0 Å². The minimum atomic E-state index is -0.709. The minimum Gasteiger partial charge on any atom is -0.318 e. The van der Waals surface area contributed by atoms with Crippen molar-refractivity contribution in [3.63, 3.8) is 0 Å². The molecule has 0 saturated carbocycles. The summed E-state index contributed by atoms with van der Waals surface area (Å²) >= 11 is 0. The molecule has 2 aromatic rings. The van der Waals surface area contributed by atoms with Crippen LogP contribution in [-0.2, 0) is 16.0 Å². The average Bonchev–Trinajstić information content (AvgIpc) is 2.90. The van der Waals surface area contributed by atoms with Crippen molar-refractivity contribution < 1.29 is 14.4 Å². The van der Waals surface area contributed by atoms with Crippen LogP contribution >= 0.6 is 0 Å². The second-order valence-corrected chi connectivity index (χ2v) is 6.33. The van der Waals surface area contributed by atoms with Crippen molar-refractivity contribution in [2.45, 2.75) is 27.2 Å². The summed E-state index contributed by atoms with van der Waals surface area (Å²) in [6, 6.07) is 9.37. The maximum absolute atomic E-state index is 12.3. The van der Waals surface area contributed by atoms with E-state index in [4.69, 9.17) is 0 Å². The van der Waals surface area contributed by atoms with Gasteiger partial charge in [-0.1, -0.05) is 25.1 Å². The highest BCUT2D eigenvalue weighted by molar-refractivity contribution is 6.30. The molecule has 6 nitrogen and oxygen atoms in total. The Hall–Kier alpha value is -3.15. The Morgan fingerprint density at radius 3 is 2.50 bits per heavy atom. The monoisotopic (exact) mass is 351 g/mol. The Kier molecular flexibility index (Phi) is 4.50. The number of para-hydroxylation sites is 1. The van der Waals surface area contributed by atoms with Crippen molar-refractivity contribution in [1.29, 1.82) is 0 Å². The summed E-state index contributed by atoms with van der Waals surface area (Å²) in [6.07, 6.45) is 2.45. The Bertz CT molecular complexity index is 953. The minimum absolute atomic E-state index is 0.0453. The number of nitrogens with one attached hydrogen (secondary N) is 1. The van der Waals surface area contributed by atoms with E-state index in [0.717, 1.165) is 34.0 Å². The van der Waals surface area contributed by atoms with Crippen LogP contribution in [0.4, 0.5) is 4.79 Å². The van der Waals surface area contributed by atoms with Gasteiger partial charge in [0, 0.05) is 24.1 Å². The number of hydrogen-bond acceptors (Lipinski definition) is 3. The van der Waals surface area contributed by atoms with Crippen LogP contribution in [0.3, 0.4) is 0 Å². The van der Waals surface area contributed by atoms with Crippen LogP contribution in [0.15, 0.2) is 35.9 Å². The van der Waals surface area contributed by atoms with E-state index in [1.807, 2.05) is 32.0 Å². The fourth-order valence-electron chi connectivity index (χ4n) is 3.23. The zero-order chi connectivity index (χ0) is 19.0. The third-order valence-electron chi connectivity index (χ3n) is 4.69. The molecule has 2 heterocycles. The van der Waals surface area contributed by atoms with Crippen LogP contribution in [0.2, 0.25) is 0 Å². The maximum atomic E-state index is 12.3. The number of urea groups is 1. The fourth-order valence-corrected chi connectivity index (χ4v) is 3.23. The number of aryl methyl sites for hydroxylation is 2. The second-order valence-electron chi connectivity index (χ2n) is 6.33. The molecule has 3 rings (SSSR count). The third kappa shape index (κ3) is 2.83. The van der Waals surface area contributed by atoms with E-state index in [1.54, 1.807) is 6.08 Å². The molecule has 0 spiro atoms. The highest BCUT2D eigenvalue weighted by Crippen LogP contribution is 2.26. The van der Waals surface area contributed by atoms with E-state index in [0.29, 0.717) is 0 Å². The molecule has 0 atom stereocenters. The van der Waals surface area contributed by atoms with Crippen LogP contribution in [-0.4, -0.2) is 34.4 Å². The molecule has 26 heavy (non-hydrogen) atoms. The summed E-state index contributed by atoms with van der Waals surface area (Å²) in [5.41, 5.74) is 4.96. The number of benzene rings is 1. The third-order valence-corrected chi connectivity index (χ3v) is 4.69. The summed E-state index contributed by atoms with van der Waals surface area (Å²) in [5, 5.41) is 2.17. The molecular weight excluding hydrogens is 330 g/mol. The number of rotatable bonds is 3. The lowest BCUT2D eigenvalue weighted by molar-refractivity contribution is -0.129. The number of likely N-dealkylation sites (N-methyl/N-ethyl adjacent to an activating group) is 1. The van der Waals surface area contributed by atoms with Gasteiger partial charge in [0.1, 0.15) is 5.57 Å². The number of imide groups is 2. The van der Waals surface area contributed by atoms with Crippen LogP contribution < -0.4 is 5.32 Å². The number of carbonyl (C=O) groups is 3. The van der Waals surface area contributed by atoms with E-state index in [-0.39, 0.29) is 5.57 Å². The lowest BCUT2D eigenvalue weighted by Gasteiger charge is -2.22. The molecule has 1 aliphatic rings. The van der Waals surface area contributed by atoms with Gasteiger partial charge in [0.05, 0.1) is 0 Å². The van der Waals surface area contributed by atoms with Gasteiger partial charge in [-0.05, 0) is 49.6 Å². The zero-order valence-corrected chi connectivity index (χ0v) is 15.3. The maximum Gasteiger partial charge on any atom is 0.331 e. The van der Waals surface area contributed by atoms with Gasteiger partial charge in [-0.3, -0.25) is 19.8 Å². The van der Waals surface area contributed by atoms with Gasteiger partial charge in [-0.25, -0.2) is 4.79 Å². The Morgan fingerprint density at radius 1 is 1.12 bits per heavy atom. The first-order chi connectivity index (χ1) is 12.3. The van der Waals surface area contributed by atoms with E-state index >= 15 is 0 Å². The van der Waals surface area contributed by atoms with E-state index in [1.165, 1.54) is 12.6 Å². The van der Waals surface area contributed by atoms with Gasteiger partial charge in [0.15, 0.2) is 0 Å². The molecule has 1 saturated heterocycles. The molecule has 1 N–H and O–H groups in total. The lowest BCUT2D eigenvalue weighted by Crippen LogP contribution is -2.52. The number of aromatic nitrogens is 1. The van der Waals surface area contributed by atoms with Gasteiger partial charge in [-0.15, -0.1) is 0 Å². The smallest absolute Gasteiger partial charge is 0.318 e. The van der Waals surface area contributed by atoms with E-state index in [2.05, 4.69) is 28.9 Å². The summed E-state index contributed by atoms with van der Waals surface area (Å²) in [6.45, 7) is 6.04. The molecule has 134 valence electrons. The van der Waals surface area contributed by atoms with Crippen molar-refractivity contribution in [3.8, 4) is 5.69 Å². The van der Waals surface area contributed by atoms with E-state index in [9.17, 15) is 14.4 Å². The van der Waals surface area contributed by atoms with Crippen LogP contribution in [0.1, 0.15) is 29.4 Å². The fraction of sp³-hybridized carbons (Fsp3) is 0.250. The molecule has 0 bridgehead atoms. The van der Waals surface area contributed by atoms with Crippen molar-refractivity contribution in [3.05, 3.63) is 58.4 Å². The van der Waals surface area contributed by atoms with Crippen molar-refractivity contribution in [2.75, 3.05) is 7.05 Å². The molecule has 0 unspecified atom stereocenters. The lowest BCUT2D eigenvalue weighted by atomic mass is 10.1. The first-order valence-electron chi connectivity index (χ1n) is 8.47. The summed E-state index contributed by atoms with van der Waals surface area (Å²) < 4.78 is 2.12. The highest BCUT2D eigenvalue weighted by atomic mass is 16.2. The molecule has 1 aliphatic heterocycles. The van der Waals surface area contributed by atoms with Crippen LogP contribution in [0.5, 0.6) is 0 Å². The van der Waals surface area contributed by atoms with Gasteiger partial charge in [-0.2, -0.15) is 0 Å². The SMILES string of the molecule is CCc1ccccc1-n1c(C)cc(/C=C2\C(=O)NC(=O)N(C)C2=O)c1C. The van der Waals surface area contributed by atoms with Gasteiger partial charge < -0.3 is 4.57 Å². The number of nitrogens with zero attached hydrogens (tertiary/aromatic N) is 2. The van der Waals surface area contributed by atoms with E-state index < -0.39 is 17.8 Å². The predicted molar refractivity (Wildman–Crippen MR) is 98.9 cm³/mol. The average molecular weight is 351 g/mol. The molecule has 0 radical (unpaired) electrons. The zero-order valence-electron chi connectivity index (χ0n) is 15.3. The quantitative estimate of drug-likeness (QED) is 0.683. The highest BCUT2D eigenvalue weighted by Gasteiger charge is 2.33. The molecule has 1 fully saturated rings. The molecule has 0 aliphatic carbocycles. The van der Waals surface area contributed by atoms with Gasteiger partial charge in [0.2, 0.25) is 0 Å². The van der Waals surface area contributed by atoms with Crippen LogP contribution in [0.25, 0.3) is 11.8 Å². The van der Waals surface area contributed by atoms with Gasteiger partial charge >= 0.3 is 6.03 Å². The standard InChI is InChI=1S/C20H21N3O3/c1-5-14-8-6-7-9-17(14)23-12(2)10-15(13(23)3)11-16-18(24)21-20(26)22(4)19(16)25/h6-11H,5H2,1-4H3,(H,21,24,26)/b16-11+. The molecule has 6 heteroatoms. The predicted octanol–water partition coefficient (Wildman–Crippen LogP) is 2.75. The molecule has 1 aromatic heterocycles.